The van der Waals surface area contributed by atoms with E-state index in [1.807, 2.05) is 0 Å². The summed E-state index contributed by atoms with van der Waals surface area (Å²) in [5, 5.41) is 11.9. The second kappa shape index (κ2) is 5.90. The van der Waals surface area contributed by atoms with Crippen molar-refractivity contribution in [3.63, 3.8) is 0 Å². The molecule has 9 heteroatoms. The van der Waals surface area contributed by atoms with E-state index in [0.717, 1.165) is 4.31 Å². The molecule has 1 amide bonds. The van der Waals surface area contributed by atoms with Crippen LogP contribution in [0.3, 0.4) is 0 Å². The molecule has 0 aromatic heterocycles. The van der Waals surface area contributed by atoms with Crippen molar-refractivity contribution in [3.8, 4) is 0 Å². The van der Waals surface area contributed by atoms with E-state index < -0.39 is 27.4 Å². The Balaban J connectivity index is 2.00. The van der Waals surface area contributed by atoms with E-state index in [4.69, 9.17) is 0 Å². The summed E-state index contributed by atoms with van der Waals surface area (Å²) in [4.78, 5) is 23.4. The number of amides is 1. The van der Waals surface area contributed by atoms with Gasteiger partial charge in [-0.15, -0.1) is 0 Å². The van der Waals surface area contributed by atoms with Crippen molar-refractivity contribution >= 4 is 33.7 Å². The summed E-state index contributed by atoms with van der Waals surface area (Å²) < 4.78 is 24.4. The first kappa shape index (κ1) is 15.6. The highest BCUT2D eigenvalue weighted by atomic mass is 32.2. The minimum absolute atomic E-state index is 0.0565. The fourth-order valence-corrected chi connectivity index (χ4v) is 5.11. The van der Waals surface area contributed by atoms with Gasteiger partial charge in [0.25, 0.3) is 0 Å². The standard InChI is InChI=1S/C11H18N2O5S2/c14-9(8-13-4-1-7-20(13,17)18)12-11(10(15)16)2-5-19-6-3-11/h1-8H2,(H,12,14)(H,15,16). The molecular weight excluding hydrogens is 304 g/mol. The zero-order chi connectivity index (χ0) is 14.8. The Morgan fingerprint density at radius 3 is 2.45 bits per heavy atom. The molecule has 0 aliphatic carbocycles. The first-order valence-electron chi connectivity index (χ1n) is 6.46. The SMILES string of the molecule is O=C(CN1CCCS1(=O)=O)NC1(C(=O)O)CCSCC1. The normalized spacial score (nSPS) is 25.2. The lowest BCUT2D eigenvalue weighted by molar-refractivity contribution is -0.148. The van der Waals surface area contributed by atoms with Gasteiger partial charge in [-0.05, 0) is 30.8 Å². The monoisotopic (exact) mass is 322 g/mol. The molecule has 20 heavy (non-hydrogen) atoms. The van der Waals surface area contributed by atoms with Crippen LogP contribution in [-0.2, 0) is 19.6 Å². The summed E-state index contributed by atoms with van der Waals surface area (Å²) in [5.41, 5.74) is -1.24. The van der Waals surface area contributed by atoms with E-state index in [1.54, 1.807) is 11.8 Å². The first-order chi connectivity index (χ1) is 9.36. The average Bonchev–Trinajstić information content (AvgIpc) is 2.69. The van der Waals surface area contributed by atoms with Crippen LogP contribution >= 0.6 is 11.8 Å². The van der Waals surface area contributed by atoms with E-state index >= 15 is 0 Å². The van der Waals surface area contributed by atoms with E-state index in [1.165, 1.54) is 0 Å². The lowest BCUT2D eigenvalue weighted by Crippen LogP contribution is -2.58. The predicted octanol–water partition coefficient (Wildman–Crippen LogP) is -0.511. The maximum absolute atomic E-state index is 12.0. The number of sulfonamides is 1. The summed E-state index contributed by atoms with van der Waals surface area (Å²) in [6.45, 7) is 0.0379. The average molecular weight is 322 g/mol. The molecule has 2 N–H and O–H groups in total. The van der Waals surface area contributed by atoms with Crippen molar-refractivity contribution in [3.05, 3.63) is 0 Å². The highest BCUT2D eigenvalue weighted by Gasteiger charge is 2.42. The van der Waals surface area contributed by atoms with Crippen LogP contribution in [0.15, 0.2) is 0 Å². The van der Waals surface area contributed by atoms with Gasteiger partial charge >= 0.3 is 5.97 Å². The number of carbonyl (C=O) groups excluding carboxylic acids is 1. The Morgan fingerprint density at radius 1 is 1.30 bits per heavy atom. The molecule has 2 heterocycles. The minimum atomic E-state index is -3.34. The Morgan fingerprint density at radius 2 is 1.95 bits per heavy atom. The number of aliphatic carboxylic acids is 1. The molecule has 2 aliphatic rings. The van der Waals surface area contributed by atoms with Crippen LogP contribution in [0.5, 0.6) is 0 Å². The van der Waals surface area contributed by atoms with Gasteiger partial charge in [-0.3, -0.25) is 4.79 Å². The van der Waals surface area contributed by atoms with E-state index in [0.29, 0.717) is 37.3 Å². The quantitative estimate of drug-likeness (QED) is 0.722. The Bertz CT molecular complexity index is 499. The molecular formula is C11H18N2O5S2. The third-order valence-corrected chi connectivity index (χ3v) is 6.55. The van der Waals surface area contributed by atoms with Crippen LogP contribution < -0.4 is 5.32 Å². The van der Waals surface area contributed by atoms with Crippen LogP contribution in [0.4, 0.5) is 0 Å². The van der Waals surface area contributed by atoms with Crippen molar-refractivity contribution in [2.75, 3.05) is 30.3 Å². The summed E-state index contributed by atoms with van der Waals surface area (Å²) in [5.74, 6) is -0.176. The molecule has 0 spiro atoms. The molecule has 2 rings (SSSR count). The molecule has 2 aliphatic heterocycles. The zero-order valence-electron chi connectivity index (χ0n) is 11.0. The number of nitrogens with zero attached hydrogens (tertiary/aromatic N) is 1. The third kappa shape index (κ3) is 3.26. The van der Waals surface area contributed by atoms with Gasteiger partial charge in [0.15, 0.2) is 0 Å². The lowest BCUT2D eigenvalue weighted by atomic mass is 9.92. The van der Waals surface area contributed by atoms with Crippen molar-refractivity contribution in [1.29, 1.82) is 0 Å². The number of carboxylic acids is 1. The fraction of sp³-hybridized carbons (Fsp3) is 0.818. The van der Waals surface area contributed by atoms with Crippen LogP contribution in [-0.4, -0.2) is 65.6 Å². The van der Waals surface area contributed by atoms with Gasteiger partial charge in [0.2, 0.25) is 15.9 Å². The molecule has 0 atom stereocenters. The summed E-state index contributed by atoms with van der Waals surface area (Å²) in [7, 11) is -3.34. The van der Waals surface area contributed by atoms with Crippen molar-refractivity contribution < 1.29 is 23.1 Å². The highest BCUT2D eigenvalue weighted by Crippen LogP contribution is 2.27. The Labute approximate surface area is 122 Å². The largest absolute Gasteiger partial charge is 0.480 e. The fourth-order valence-electron chi connectivity index (χ4n) is 2.45. The molecule has 0 radical (unpaired) electrons. The topological polar surface area (TPSA) is 104 Å². The predicted molar refractivity (Wildman–Crippen MR) is 75.0 cm³/mol. The van der Waals surface area contributed by atoms with E-state index in [-0.39, 0.29) is 12.3 Å². The zero-order valence-corrected chi connectivity index (χ0v) is 12.6. The minimum Gasteiger partial charge on any atom is -0.480 e. The molecule has 0 aromatic carbocycles. The summed E-state index contributed by atoms with van der Waals surface area (Å²) >= 11 is 1.65. The van der Waals surface area contributed by atoms with Gasteiger partial charge in [-0.2, -0.15) is 16.1 Å². The van der Waals surface area contributed by atoms with Crippen LogP contribution in [0.1, 0.15) is 19.3 Å². The van der Waals surface area contributed by atoms with Gasteiger partial charge in [-0.25, -0.2) is 13.2 Å². The summed E-state index contributed by atoms with van der Waals surface area (Å²) in [6.07, 6.45) is 1.24. The molecule has 7 nitrogen and oxygen atoms in total. The molecule has 0 saturated carbocycles. The molecule has 0 bridgehead atoms. The van der Waals surface area contributed by atoms with Crippen LogP contribution in [0.2, 0.25) is 0 Å². The number of rotatable bonds is 4. The number of hydrogen-bond acceptors (Lipinski definition) is 5. The smallest absolute Gasteiger partial charge is 0.329 e. The number of nitrogens with one attached hydrogen (secondary N) is 1. The molecule has 114 valence electrons. The van der Waals surface area contributed by atoms with Gasteiger partial charge in [-0.1, -0.05) is 0 Å². The molecule has 0 unspecified atom stereocenters. The molecule has 0 aromatic rings. The maximum Gasteiger partial charge on any atom is 0.329 e. The Kier molecular flexibility index (Phi) is 4.60. The van der Waals surface area contributed by atoms with Crippen molar-refractivity contribution in [1.82, 2.24) is 9.62 Å². The van der Waals surface area contributed by atoms with Gasteiger partial charge in [0.1, 0.15) is 5.54 Å². The molecule has 2 saturated heterocycles. The van der Waals surface area contributed by atoms with Gasteiger partial charge in [0, 0.05) is 6.54 Å². The second-order valence-corrected chi connectivity index (χ2v) is 8.36. The van der Waals surface area contributed by atoms with Crippen LogP contribution in [0, 0.1) is 0 Å². The summed E-state index contributed by atoms with van der Waals surface area (Å²) in [6, 6.07) is 0. The lowest BCUT2D eigenvalue weighted by Gasteiger charge is -2.34. The number of hydrogen-bond donors (Lipinski definition) is 2. The van der Waals surface area contributed by atoms with Gasteiger partial charge < -0.3 is 10.4 Å². The first-order valence-corrected chi connectivity index (χ1v) is 9.22. The third-order valence-electron chi connectivity index (χ3n) is 3.66. The second-order valence-electron chi connectivity index (χ2n) is 5.05. The number of carboxylic acid groups (broad SMARTS) is 1. The van der Waals surface area contributed by atoms with Crippen molar-refractivity contribution in [2.24, 2.45) is 0 Å². The van der Waals surface area contributed by atoms with E-state index in [9.17, 15) is 23.1 Å². The number of carbonyl (C=O) groups is 2. The highest BCUT2D eigenvalue weighted by molar-refractivity contribution is 7.99. The maximum atomic E-state index is 12.0. The Hall–Kier alpha value is -0.800. The van der Waals surface area contributed by atoms with Gasteiger partial charge in [0.05, 0.1) is 12.3 Å². The molecule has 2 fully saturated rings. The van der Waals surface area contributed by atoms with E-state index in [2.05, 4.69) is 5.32 Å². The van der Waals surface area contributed by atoms with Crippen molar-refractivity contribution in [2.45, 2.75) is 24.8 Å². The number of thioether (sulfide) groups is 1. The van der Waals surface area contributed by atoms with Crippen LogP contribution in [0.25, 0.3) is 0 Å².